The minimum Gasteiger partial charge on any atom is -0.383 e. The van der Waals surface area contributed by atoms with Gasteiger partial charge in [-0.2, -0.15) is 0 Å². The van der Waals surface area contributed by atoms with Crippen molar-refractivity contribution in [3.8, 4) is 0 Å². The Labute approximate surface area is 131 Å². The SMILES string of the molecule is CCOC1CCCN(c2nc(C)c(CNCCOC)s2)C1. The van der Waals surface area contributed by atoms with Gasteiger partial charge in [0.25, 0.3) is 0 Å². The van der Waals surface area contributed by atoms with E-state index < -0.39 is 0 Å². The molecule has 0 amide bonds. The minimum absolute atomic E-state index is 0.358. The maximum Gasteiger partial charge on any atom is 0.185 e. The van der Waals surface area contributed by atoms with Crippen molar-refractivity contribution in [1.82, 2.24) is 10.3 Å². The lowest BCUT2D eigenvalue weighted by Gasteiger charge is -2.32. The maximum absolute atomic E-state index is 5.77. The van der Waals surface area contributed by atoms with Crippen LogP contribution in [0.25, 0.3) is 0 Å². The molecule has 0 aliphatic carbocycles. The molecule has 1 aliphatic heterocycles. The number of ether oxygens (including phenoxy) is 2. The fourth-order valence-corrected chi connectivity index (χ4v) is 3.64. The van der Waals surface area contributed by atoms with E-state index in [0.717, 1.165) is 50.2 Å². The Morgan fingerprint density at radius 1 is 1.48 bits per heavy atom. The molecule has 21 heavy (non-hydrogen) atoms. The van der Waals surface area contributed by atoms with E-state index in [4.69, 9.17) is 14.5 Å². The summed E-state index contributed by atoms with van der Waals surface area (Å²) < 4.78 is 10.8. The largest absolute Gasteiger partial charge is 0.383 e. The van der Waals surface area contributed by atoms with Crippen LogP contribution in [0.4, 0.5) is 5.13 Å². The molecule has 6 heteroatoms. The van der Waals surface area contributed by atoms with Crippen molar-refractivity contribution < 1.29 is 9.47 Å². The standard InChI is InChI=1S/C15H27N3O2S/c1-4-20-13-6-5-8-18(11-13)15-17-12(2)14(21-15)10-16-7-9-19-3/h13,16H,4-11H2,1-3H3. The fraction of sp³-hybridized carbons (Fsp3) is 0.800. The highest BCUT2D eigenvalue weighted by molar-refractivity contribution is 7.15. The van der Waals surface area contributed by atoms with Crippen LogP contribution in [-0.4, -0.2) is 51.0 Å². The van der Waals surface area contributed by atoms with Gasteiger partial charge in [0.1, 0.15) is 0 Å². The predicted molar refractivity (Wildman–Crippen MR) is 87.3 cm³/mol. The quantitative estimate of drug-likeness (QED) is 0.746. The van der Waals surface area contributed by atoms with Gasteiger partial charge in [-0.3, -0.25) is 0 Å². The molecule has 2 rings (SSSR count). The first-order valence-corrected chi connectivity index (χ1v) is 8.58. The van der Waals surface area contributed by atoms with E-state index >= 15 is 0 Å². The number of piperidine rings is 1. The van der Waals surface area contributed by atoms with Crippen LogP contribution in [0, 0.1) is 6.92 Å². The molecule has 0 bridgehead atoms. The molecule has 0 aromatic carbocycles. The first-order chi connectivity index (χ1) is 10.2. The summed E-state index contributed by atoms with van der Waals surface area (Å²) in [5.41, 5.74) is 1.14. The first-order valence-electron chi connectivity index (χ1n) is 7.77. The molecule has 1 unspecified atom stereocenters. The van der Waals surface area contributed by atoms with Gasteiger partial charge in [0.05, 0.1) is 18.4 Å². The van der Waals surface area contributed by atoms with Crippen LogP contribution in [0.3, 0.4) is 0 Å². The summed E-state index contributed by atoms with van der Waals surface area (Å²) in [5, 5.41) is 4.53. The van der Waals surface area contributed by atoms with Crippen molar-refractivity contribution in [2.45, 2.75) is 39.3 Å². The molecule has 1 atom stereocenters. The first kappa shape index (κ1) is 16.7. The van der Waals surface area contributed by atoms with E-state index in [1.807, 2.05) is 0 Å². The van der Waals surface area contributed by atoms with Gasteiger partial charge in [-0.15, -0.1) is 11.3 Å². The van der Waals surface area contributed by atoms with Gasteiger partial charge >= 0.3 is 0 Å². The molecule has 0 spiro atoms. The third kappa shape index (κ3) is 4.92. The Balaban J connectivity index is 1.91. The van der Waals surface area contributed by atoms with Crippen molar-refractivity contribution in [2.24, 2.45) is 0 Å². The van der Waals surface area contributed by atoms with Gasteiger partial charge in [-0.25, -0.2) is 4.98 Å². The van der Waals surface area contributed by atoms with Crippen molar-refractivity contribution in [3.63, 3.8) is 0 Å². The van der Waals surface area contributed by atoms with Crippen molar-refractivity contribution in [2.75, 3.05) is 44.9 Å². The highest BCUT2D eigenvalue weighted by atomic mass is 32.1. The molecule has 1 aromatic rings. The number of aromatic nitrogens is 1. The highest BCUT2D eigenvalue weighted by Gasteiger charge is 2.23. The summed E-state index contributed by atoms with van der Waals surface area (Å²) in [6.45, 7) is 9.50. The average Bonchev–Trinajstić information content (AvgIpc) is 2.86. The van der Waals surface area contributed by atoms with Gasteiger partial charge < -0.3 is 19.7 Å². The second kappa shape index (κ2) is 8.68. The molecule has 1 saturated heterocycles. The number of rotatable bonds is 8. The smallest absolute Gasteiger partial charge is 0.185 e. The van der Waals surface area contributed by atoms with Gasteiger partial charge in [-0.1, -0.05) is 0 Å². The zero-order chi connectivity index (χ0) is 15.1. The topological polar surface area (TPSA) is 46.6 Å². The molecule has 1 aliphatic rings. The Hall–Kier alpha value is -0.690. The summed E-state index contributed by atoms with van der Waals surface area (Å²) in [7, 11) is 1.73. The summed E-state index contributed by atoms with van der Waals surface area (Å²) in [6.07, 6.45) is 2.71. The number of hydrogen-bond acceptors (Lipinski definition) is 6. The zero-order valence-corrected chi connectivity index (χ0v) is 14.2. The van der Waals surface area contributed by atoms with E-state index in [0.29, 0.717) is 6.10 Å². The number of nitrogens with zero attached hydrogens (tertiary/aromatic N) is 2. The van der Waals surface area contributed by atoms with Gasteiger partial charge in [0.15, 0.2) is 5.13 Å². The van der Waals surface area contributed by atoms with Crippen molar-refractivity contribution in [3.05, 3.63) is 10.6 Å². The van der Waals surface area contributed by atoms with Gasteiger partial charge in [0, 0.05) is 44.8 Å². The Kier molecular flexibility index (Phi) is 6.89. The normalized spacial score (nSPS) is 19.2. The van der Waals surface area contributed by atoms with Crippen LogP contribution in [-0.2, 0) is 16.0 Å². The molecular weight excluding hydrogens is 286 g/mol. The van der Waals surface area contributed by atoms with Crippen LogP contribution in [0.15, 0.2) is 0 Å². The highest BCUT2D eigenvalue weighted by Crippen LogP contribution is 2.28. The molecule has 1 N–H and O–H groups in total. The van der Waals surface area contributed by atoms with E-state index in [1.165, 1.54) is 17.7 Å². The van der Waals surface area contributed by atoms with Crippen LogP contribution < -0.4 is 10.2 Å². The van der Waals surface area contributed by atoms with Crippen molar-refractivity contribution in [1.29, 1.82) is 0 Å². The second-order valence-corrected chi connectivity index (χ2v) is 6.40. The molecule has 1 fully saturated rings. The summed E-state index contributed by atoms with van der Waals surface area (Å²) in [6, 6.07) is 0. The average molecular weight is 313 g/mol. The summed E-state index contributed by atoms with van der Waals surface area (Å²) in [5.74, 6) is 0. The van der Waals surface area contributed by atoms with Gasteiger partial charge in [0.2, 0.25) is 0 Å². The van der Waals surface area contributed by atoms with Crippen LogP contribution in [0.5, 0.6) is 0 Å². The van der Waals surface area contributed by atoms with E-state index in [2.05, 4.69) is 24.1 Å². The third-order valence-electron chi connectivity index (χ3n) is 3.70. The lowest BCUT2D eigenvalue weighted by Crippen LogP contribution is -2.39. The van der Waals surface area contributed by atoms with E-state index in [-0.39, 0.29) is 0 Å². The molecule has 2 heterocycles. The number of nitrogens with one attached hydrogen (secondary N) is 1. The van der Waals surface area contributed by atoms with Crippen LogP contribution in [0.1, 0.15) is 30.3 Å². The van der Waals surface area contributed by atoms with Crippen LogP contribution >= 0.6 is 11.3 Å². The fourth-order valence-electron chi connectivity index (χ4n) is 2.57. The molecule has 120 valence electrons. The molecule has 1 aromatic heterocycles. The Bertz CT molecular complexity index is 423. The van der Waals surface area contributed by atoms with E-state index in [9.17, 15) is 0 Å². The number of thiazole rings is 1. The Morgan fingerprint density at radius 3 is 3.10 bits per heavy atom. The zero-order valence-electron chi connectivity index (χ0n) is 13.4. The van der Waals surface area contributed by atoms with Crippen LogP contribution in [0.2, 0.25) is 0 Å². The number of hydrogen-bond donors (Lipinski definition) is 1. The number of anilines is 1. The van der Waals surface area contributed by atoms with Crippen molar-refractivity contribution >= 4 is 16.5 Å². The monoisotopic (exact) mass is 313 g/mol. The molecule has 0 radical (unpaired) electrons. The van der Waals surface area contributed by atoms with E-state index in [1.54, 1.807) is 18.4 Å². The summed E-state index contributed by atoms with van der Waals surface area (Å²) in [4.78, 5) is 8.44. The number of aryl methyl sites for hydroxylation is 1. The predicted octanol–water partition coefficient (Wildman–Crippen LogP) is 2.19. The lowest BCUT2D eigenvalue weighted by atomic mass is 10.1. The Morgan fingerprint density at radius 2 is 2.33 bits per heavy atom. The lowest BCUT2D eigenvalue weighted by molar-refractivity contribution is 0.0526. The molecular formula is C15H27N3O2S. The van der Waals surface area contributed by atoms with Gasteiger partial charge in [-0.05, 0) is 26.7 Å². The summed E-state index contributed by atoms with van der Waals surface area (Å²) >= 11 is 1.80. The number of methoxy groups -OCH3 is 1. The second-order valence-electron chi connectivity index (χ2n) is 5.34. The molecule has 0 saturated carbocycles. The maximum atomic E-state index is 5.77. The third-order valence-corrected chi connectivity index (χ3v) is 4.92. The minimum atomic E-state index is 0.358. The molecule has 5 nitrogen and oxygen atoms in total.